The number of nitrogens with one attached hydrogen (secondary N) is 1. The van der Waals surface area contributed by atoms with Crippen LogP contribution in [-0.2, 0) is 22.6 Å². The number of likely N-dealkylation sites (tertiary alicyclic amines) is 1. The molecule has 1 aliphatic rings. The molecule has 0 aliphatic carbocycles. The molecular weight excluding hydrogens is 517 g/mol. The van der Waals surface area contributed by atoms with E-state index in [0.29, 0.717) is 12.7 Å². The number of ether oxygens (including phenoxy) is 3. The number of para-hydroxylation sites is 1. The van der Waals surface area contributed by atoms with Crippen molar-refractivity contribution in [2.24, 2.45) is 4.99 Å². The molecule has 1 aliphatic heterocycles. The standard InChI is InChI=1S/C25H35N3O3.HI/c1-26-25(28-15-13-24(14-16-28)30-18-6-17-29-2)27-19-21-9-11-22(12-10-21)20-31-23-7-4-3-5-8-23;/h3-5,7-12,24H,6,13-20H2,1-2H3,(H,26,27);1H. The normalized spacial score (nSPS) is 14.7. The number of piperidine rings is 1. The molecule has 0 spiro atoms. The van der Waals surface area contributed by atoms with E-state index in [1.165, 1.54) is 5.56 Å². The number of aliphatic imine (C=N–C) groups is 1. The maximum absolute atomic E-state index is 5.96. The number of hydrogen-bond donors (Lipinski definition) is 1. The van der Waals surface area contributed by atoms with Crippen LogP contribution in [0.25, 0.3) is 0 Å². The van der Waals surface area contributed by atoms with Gasteiger partial charge >= 0.3 is 0 Å². The average molecular weight is 553 g/mol. The van der Waals surface area contributed by atoms with Gasteiger partial charge in [-0.1, -0.05) is 42.5 Å². The van der Waals surface area contributed by atoms with Crippen LogP contribution in [0, 0.1) is 0 Å². The van der Waals surface area contributed by atoms with Crippen LogP contribution in [-0.4, -0.2) is 57.4 Å². The molecule has 7 heteroatoms. The Morgan fingerprint density at radius 2 is 1.69 bits per heavy atom. The van der Waals surface area contributed by atoms with Gasteiger partial charge < -0.3 is 24.4 Å². The van der Waals surface area contributed by atoms with Crippen LogP contribution in [0.15, 0.2) is 59.6 Å². The summed E-state index contributed by atoms with van der Waals surface area (Å²) in [7, 11) is 3.58. The zero-order valence-corrected chi connectivity index (χ0v) is 21.5. The Labute approximate surface area is 209 Å². The molecule has 1 N–H and O–H groups in total. The topological polar surface area (TPSA) is 55.3 Å². The molecule has 0 saturated carbocycles. The summed E-state index contributed by atoms with van der Waals surface area (Å²) in [5.41, 5.74) is 2.38. The van der Waals surface area contributed by atoms with E-state index in [0.717, 1.165) is 69.4 Å². The summed E-state index contributed by atoms with van der Waals surface area (Å²) in [5, 5.41) is 3.49. The van der Waals surface area contributed by atoms with Gasteiger partial charge in [0.15, 0.2) is 5.96 Å². The number of methoxy groups -OCH3 is 1. The third-order valence-corrected chi connectivity index (χ3v) is 5.42. The van der Waals surface area contributed by atoms with E-state index in [9.17, 15) is 0 Å². The van der Waals surface area contributed by atoms with Crippen LogP contribution < -0.4 is 10.1 Å². The maximum atomic E-state index is 5.96. The quantitative estimate of drug-likeness (QED) is 0.204. The second kappa shape index (κ2) is 15.1. The van der Waals surface area contributed by atoms with Crippen LogP contribution in [0.2, 0.25) is 0 Å². The third-order valence-electron chi connectivity index (χ3n) is 5.42. The van der Waals surface area contributed by atoms with E-state index in [1.54, 1.807) is 7.11 Å². The van der Waals surface area contributed by atoms with Crippen molar-refractivity contribution in [1.82, 2.24) is 10.2 Å². The van der Waals surface area contributed by atoms with E-state index in [1.807, 2.05) is 37.4 Å². The molecular formula is C25H36IN3O3. The molecule has 1 fully saturated rings. The van der Waals surface area contributed by atoms with Crippen molar-refractivity contribution in [3.63, 3.8) is 0 Å². The molecule has 0 unspecified atom stereocenters. The van der Waals surface area contributed by atoms with Crippen LogP contribution >= 0.6 is 24.0 Å². The van der Waals surface area contributed by atoms with Gasteiger partial charge in [0.1, 0.15) is 12.4 Å². The number of hydrogen-bond acceptors (Lipinski definition) is 4. The Morgan fingerprint density at radius 3 is 2.34 bits per heavy atom. The molecule has 1 saturated heterocycles. The van der Waals surface area contributed by atoms with Crippen molar-refractivity contribution in [2.45, 2.75) is 38.5 Å². The summed E-state index contributed by atoms with van der Waals surface area (Å²) >= 11 is 0. The molecule has 0 radical (unpaired) electrons. The van der Waals surface area contributed by atoms with Crippen molar-refractivity contribution < 1.29 is 14.2 Å². The fraction of sp³-hybridized carbons (Fsp3) is 0.480. The lowest BCUT2D eigenvalue weighted by molar-refractivity contribution is 0.00989. The lowest BCUT2D eigenvalue weighted by Crippen LogP contribution is -2.46. The molecule has 3 rings (SSSR count). The number of rotatable bonds is 10. The predicted octanol–water partition coefficient (Wildman–Crippen LogP) is 4.48. The summed E-state index contributed by atoms with van der Waals surface area (Å²) in [6, 6.07) is 18.4. The third kappa shape index (κ3) is 8.96. The van der Waals surface area contributed by atoms with Crippen molar-refractivity contribution in [1.29, 1.82) is 0 Å². The molecule has 6 nitrogen and oxygen atoms in total. The Hall–Kier alpha value is -1.84. The molecule has 0 aromatic heterocycles. The monoisotopic (exact) mass is 553 g/mol. The first-order valence-corrected chi connectivity index (χ1v) is 11.1. The van der Waals surface area contributed by atoms with E-state index < -0.39 is 0 Å². The molecule has 0 bridgehead atoms. The van der Waals surface area contributed by atoms with Gasteiger partial charge in [-0.25, -0.2) is 0 Å². The minimum absolute atomic E-state index is 0. The Morgan fingerprint density at radius 1 is 1.00 bits per heavy atom. The second-order valence-corrected chi connectivity index (χ2v) is 7.72. The van der Waals surface area contributed by atoms with Crippen LogP contribution in [0.3, 0.4) is 0 Å². The fourth-order valence-corrected chi connectivity index (χ4v) is 3.64. The highest BCUT2D eigenvalue weighted by atomic mass is 127. The van der Waals surface area contributed by atoms with Gasteiger partial charge in [-0.15, -0.1) is 24.0 Å². The molecule has 2 aromatic carbocycles. The van der Waals surface area contributed by atoms with Crippen molar-refractivity contribution in [3.05, 3.63) is 65.7 Å². The predicted molar refractivity (Wildman–Crippen MR) is 140 cm³/mol. The average Bonchev–Trinajstić information content (AvgIpc) is 2.83. The van der Waals surface area contributed by atoms with Crippen LogP contribution in [0.1, 0.15) is 30.4 Å². The van der Waals surface area contributed by atoms with Crippen LogP contribution in [0.5, 0.6) is 5.75 Å². The Balaban J connectivity index is 0.00000363. The zero-order valence-electron chi connectivity index (χ0n) is 19.2. The largest absolute Gasteiger partial charge is 0.489 e. The SMILES string of the molecule is CN=C(NCc1ccc(COc2ccccc2)cc1)N1CCC(OCCCOC)CC1.I. The second-order valence-electron chi connectivity index (χ2n) is 7.72. The molecule has 176 valence electrons. The first-order valence-electron chi connectivity index (χ1n) is 11.1. The number of nitrogens with zero attached hydrogens (tertiary/aromatic N) is 2. The molecule has 0 atom stereocenters. The van der Waals surface area contributed by atoms with Gasteiger partial charge in [0.25, 0.3) is 0 Å². The van der Waals surface area contributed by atoms with E-state index >= 15 is 0 Å². The van der Waals surface area contributed by atoms with Crippen molar-refractivity contribution in [3.8, 4) is 5.75 Å². The highest BCUT2D eigenvalue weighted by Crippen LogP contribution is 2.15. The minimum atomic E-state index is 0. The smallest absolute Gasteiger partial charge is 0.193 e. The lowest BCUT2D eigenvalue weighted by Gasteiger charge is -2.34. The first-order chi connectivity index (χ1) is 15.3. The summed E-state index contributed by atoms with van der Waals surface area (Å²) in [5.74, 6) is 1.84. The molecule has 0 amide bonds. The van der Waals surface area contributed by atoms with Gasteiger partial charge in [-0.05, 0) is 42.5 Å². The highest BCUT2D eigenvalue weighted by molar-refractivity contribution is 14.0. The molecule has 1 heterocycles. The van der Waals surface area contributed by atoms with Gasteiger partial charge in [0, 0.05) is 47.0 Å². The van der Waals surface area contributed by atoms with Gasteiger partial charge in [0.05, 0.1) is 6.10 Å². The van der Waals surface area contributed by atoms with Gasteiger partial charge in [0.2, 0.25) is 0 Å². The number of guanidine groups is 1. The summed E-state index contributed by atoms with van der Waals surface area (Å²) in [4.78, 5) is 6.79. The molecule has 2 aromatic rings. The van der Waals surface area contributed by atoms with Crippen LogP contribution in [0.4, 0.5) is 0 Å². The van der Waals surface area contributed by atoms with E-state index in [2.05, 4.69) is 39.5 Å². The minimum Gasteiger partial charge on any atom is -0.489 e. The van der Waals surface area contributed by atoms with E-state index in [4.69, 9.17) is 14.2 Å². The number of benzene rings is 2. The number of halogens is 1. The van der Waals surface area contributed by atoms with Gasteiger partial charge in [-0.2, -0.15) is 0 Å². The Kier molecular flexibility index (Phi) is 12.4. The lowest BCUT2D eigenvalue weighted by atomic mass is 10.1. The van der Waals surface area contributed by atoms with Crippen molar-refractivity contribution in [2.75, 3.05) is 40.5 Å². The van der Waals surface area contributed by atoms with Crippen molar-refractivity contribution >= 4 is 29.9 Å². The molecule has 32 heavy (non-hydrogen) atoms. The zero-order chi connectivity index (χ0) is 21.7. The van der Waals surface area contributed by atoms with Gasteiger partial charge in [-0.3, -0.25) is 4.99 Å². The van der Waals surface area contributed by atoms with E-state index in [-0.39, 0.29) is 24.0 Å². The Bertz CT molecular complexity index is 779. The summed E-state index contributed by atoms with van der Waals surface area (Å²) in [6.07, 6.45) is 3.36. The maximum Gasteiger partial charge on any atom is 0.193 e. The summed E-state index contributed by atoms with van der Waals surface area (Å²) < 4.78 is 16.8. The fourth-order valence-electron chi connectivity index (χ4n) is 3.64. The first kappa shape index (κ1) is 26.4. The summed E-state index contributed by atoms with van der Waals surface area (Å²) in [6.45, 7) is 4.78. The highest BCUT2D eigenvalue weighted by Gasteiger charge is 2.21.